The smallest absolute Gasteiger partial charge is 0.332 e. The highest BCUT2D eigenvalue weighted by atomic mass is 32.2. The number of hydrazone groups is 1. The van der Waals surface area contributed by atoms with E-state index in [0.29, 0.717) is 5.56 Å². The molecule has 0 bridgehead atoms. The lowest BCUT2D eigenvalue weighted by atomic mass is 10.1. The van der Waals surface area contributed by atoms with Crippen molar-refractivity contribution in [2.75, 3.05) is 13.4 Å². The molecule has 2 N–H and O–H groups in total. The van der Waals surface area contributed by atoms with Gasteiger partial charge in [0.1, 0.15) is 5.70 Å². The van der Waals surface area contributed by atoms with Crippen molar-refractivity contribution in [1.82, 2.24) is 20.5 Å². The summed E-state index contributed by atoms with van der Waals surface area (Å²) < 4.78 is 4.56. The van der Waals surface area contributed by atoms with Crippen molar-refractivity contribution in [2.45, 2.75) is 4.90 Å². The van der Waals surface area contributed by atoms with Crippen molar-refractivity contribution in [1.29, 1.82) is 0 Å². The van der Waals surface area contributed by atoms with Crippen LogP contribution < -0.4 is 5.32 Å². The molecule has 0 radical (unpaired) electrons. The van der Waals surface area contributed by atoms with Crippen LogP contribution in [-0.2, 0) is 14.3 Å². The minimum Gasteiger partial charge on any atom is -0.466 e. The predicted molar refractivity (Wildman–Crippen MR) is 106 cm³/mol. The second-order valence-electron chi connectivity index (χ2n) is 5.30. The summed E-state index contributed by atoms with van der Waals surface area (Å²) in [6, 6.07) is 7.98. The Morgan fingerprint density at radius 1 is 1.37 bits per heavy atom. The number of aromatic amines is 1. The van der Waals surface area contributed by atoms with E-state index in [2.05, 4.69) is 25.4 Å². The van der Waals surface area contributed by atoms with Crippen LogP contribution >= 0.6 is 24.0 Å². The van der Waals surface area contributed by atoms with Crippen LogP contribution in [0.15, 0.2) is 52.2 Å². The largest absolute Gasteiger partial charge is 0.466 e. The van der Waals surface area contributed by atoms with Crippen molar-refractivity contribution < 1.29 is 14.3 Å². The van der Waals surface area contributed by atoms with Crippen molar-refractivity contribution in [3.8, 4) is 11.3 Å². The molecule has 2 heterocycles. The lowest BCUT2D eigenvalue weighted by Crippen LogP contribution is -2.23. The van der Waals surface area contributed by atoms with Crippen LogP contribution in [0.2, 0.25) is 0 Å². The Bertz CT molecular complexity index is 950. The molecule has 0 unspecified atom stereocenters. The first-order valence-corrected chi connectivity index (χ1v) is 9.33. The molecule has 0 saturated carbocycles. The molecule has 27 heavy (non-hydrogen) atoms. The zero-order valence-corrected chi connectivity index (χ0v) is 16.1. The number of amides is 1. The molecular weight excluding hydrogens is 386 g/mol. The first kappa shape index (κ1) is 18.8. The third kappa shape index (κ3) is 4.07. The molecule has 0 spiro atoms. The molecule has 1 amide bonds. The highest BCUT2D eigenvalue weighted by Gasteiger charge is 2.31. The molecule has 0 aliphatic carbocycles. The molecule has 3 rings (SSSR count). The van der Waals surface area contributed by atoms with Gasteiger partial charge >= 0.3 is 5.97 Å². The quantitative estimate of drug-likeness (QED) is 0.260. The topological polar surface area (TPSA) is 99.7 Å². The highest BCUT2D eigenvalue weighted by molar-refractivity contribution is 7.98. The molecule has 1 aromatic heterocycles. The van der Waals surface area contributed by atoms with Gasteiger partial charge in [0.15, 0.2) is 0 Å². The summed E-state index contributed by atoms with van der Waals surface area (Å²) in [6.45, 7) is 0. The molecule has 2 aromatic rings. The number of methoxy groups -OCH3 is 1. The average Bonchev–Trinajstić information content (AvgIpc) is 3.24. The summed E-state index contributed by atoms with van der Waals surface area (Å²) in [5, 5.41) is 14.9. The van der Waals surface area contributed by atoms with Gasteiger partial charge in [0, 0.05) is 16.0 Å². The fourth-order valence-electron chi connectivity index (χ4n) is 2.33. The Kier molecular flexibility index (Phi) is 5.67. The van der Waals surface area contributed by atoms with Crippen LogP contribution in [0.5, 0.6) is 0 Å². The van der Waals surface area contributed by atoms with E-state index in [0.717, 1.165) is 22.2 Å². The van der Waals surface area contributed by atoms with Gasteiger partial charge in [0.2, 0.25) is 5.11 Å². The SMILES string of the molecule is COC(=O)/C=C1/C(=O)NC(=S)N1/N=C/c1cn[nH]c1-c1ccc(SC)cc1. The van der Waals surface area contributed by atoms with E-state index in [-0.39, 0.29) is 10.8 Å². The van der Waals surface area contributed by atoms with E-state index in [1.54, 1.807) is 18.0 Å². The second kappa shape index (κ2) is 8.14. The summed E-state index contributed by atoms with van der Waals surface area (Å²) in [5.74, 6) is -1.20. The number of nitrogens with one attached hydrogen (secondary N) is 2. The van der Waals surface area contributed by atoms with Gasteiger partial charge in [-0.25, -0.2) is 9.80 Å². The van der Waals surface area contributed by atoms with Crippen LogP contribution in [0.1, 0.15) is 5.56 Å². The van der Waals surface area contributed by atoms with Crippen LogP contribution in [-0.4, -0.2) is 51.8 Å². The number of nitrogens with zero attached hydrogens (tertiary/aromatic N) is 3. The fraction of sp³-hybridized carbons (Fsp3) is 0.118. The van der Waals surface area contributed by atoms with Crippen molar-refractivity contribution in [2.24, 2.45) is 5.10 Å². The number of thioether (sulfide) groups is 1. The number of H-pyrrole nitrogens is 1. The van der Waals surface area contributed by atoms with Gasteiger partial charge in [-0.3, -0.25) is 15.2 Å². The van der Waals surface area contributed by atoms with Gasteiger partial charge in [-0.15, -0.1) is 11.8 Å². The van der Waals surface area contributed by atoms with Crippen LogP contribution in [0.25, 0.3) is 11.3 Å². The van der Waals surface area contributed by atoms with Gasteiger partial charge < -0.3 is 4.74 Å². The fourth-order valence-corrected chi connectivity index (χ4v) is 2.98. The lowest BCUT2D eigenvalue weighted by molar-refractivity contribution is -0.135. The van der Waals surface area contributed by atoms with E-state index in [4.69, 9.17) is 12.2 Å². The average molecular weight is 401 g/mol. The number of hydrogen-bond donors (Lipinski definition) is 2. The maximum Gasteiger partial charge on any atom is 0.332 e. The van der Waals surface area contributed by atoms with Crippen LogP contribution in [0, 0.1) is 0 Å². The number of hydrogen-bond acceptors (Lipinski definition) is 7. The van der Waals surface area contributed by atoms with E-state index in [9.17, 15) is 9.59 Å². The van der Waals surface area contributed by atoms with Crippen molar-refractivity contribution in [3.05, 3.63) is 47.8 Å². The molecule has 138 valence electrons. The Morgan fingerprint density at radius 3 is 2.78 bits per heavy atom. The number of rotatable bonds is 5. The third-order valence-corrected chi connectivity index (χ3v) is 4.71. The molecule has 1 aliphatic heterocycles. The Labute approximate surface area is 164 Å². The number of benzene rings is 1. The Hall–Kier alpha value is -2.98. The monoisotopic (exact) mass is 401 g/mol. The molecule has 1 saturated heterocycles. The van der Waals surface area contributed by atoms with E-state index in [1.165, 1.54) is 18.3 Å². The number of esters is 1. The summed E-state index contributed by atoms with van der Waals surface area (Å²) >= 11 is 6.75. The molecule has 0 atom stereocenters. The summed E-state index contributed by atoms with van der Waals surface area (Å²) in [7, 11) is 1.22. The maximum atomic E-state index is 11.9. The van der Waals surface area contributed by atoms with Crippen molar-refractivity contribution in [3.63, 3.8) is 0 Å². The van der Waals surface area contributed by atoms with E-state index < -0.39 is 11.9 Å². The molecular formula is C17H15N5O3S2. The number of aromatic nitrogens is 2. The minimum absolute atomic E-state index is 0.0162. The zero-order valence-electron chi connectivity index (χ0n) is 14.4. The van der Waals surface area contributed by atoms with Gasteiger partial charge in [-0.05, 0) is 30.6 Å². The number of carbonyl (C=O) groups excluding carboxylic acids is 2. The summed E-state index contributed by atoms with van der Waals surface area (Å²) in [5.41, 5.74) is 2.40. The van der Waals surface area contributed by atoms with Crippen molar-refractivity contribution >= 4 is 47.2 Å². The number of thiocarbonyl (C=S) groups is 1. The first-order chi connectivity index (χ1) is 13.0. The molecule has 10 heteroatoms. The molecule has 1 aliphatic rings. The third-order valence-electron chi connectivity index (χ3n) is 3.69. The summed E-state index contributed by atoms with van der Waals surface area (Å²) in [6.07, 6.45) is 6.17. The Morgan fingerprint density at radius 2 is 2.11 bits per heavy atom. The van der Waals surface area contributed by atoms with E-state index >= 15 is 0 Å². The highest BCUT2D eigenvalue weighted by Crippen LogP contribution is 2.24. The molecule has 1 aromatic carbocycles. The van der Waals surface area contributed by atoms with Crippen LogP contribution in [0.3, 0.4) is 0 Å². The Balaban J connectivity index is 1.88. The van der Waals surface area contributed by atoms with Gasteiger partial charge in [-0.2, -0.15) is 10.2 Å². The lowest BCUT2D eigenvalue weighted by Gasteiger charge is -2.09. The first-order valence-electron chi connectivity index (χ1n) is 7.70. The molecule has 1 fully saturated rings. The summed E-state index contributed by atoms with van der Waals surface area (Å²) in [4.78, 5) is 24.6. The second-order valence-corrected chi connectivity index (χ2v) is 6.56. The molecule has 8 nitrogen and oxygen atoms in total. The van der Waals surface area contributed by atoms with Crippen LogP contribution in [0.4, 0.5) is 0 Å². The van der Waals surface area contributed by atoms with Gasteiger partial charge in [0.25, 0.3) is 5.91 Å². The van der Waals surface area contributed by atoms with E-state index in [1.807, 2.05) is 30.5 Å². The van der Waals surface area contributed by atoms with Gasteiger partial charge in [-0.1, -0.05) is 12.1 Å². The van der Waals surface area contributed by atoms with Gasteiger partial charge in [0.05, 0.1) is 31.3 Å². The maximum absolute atomic E-state index is 11.9. The number of carbonyl (C=O) groups is 2. The zero-order chi connectivity index (χ0) is 19.4. The minimum atomic E-state index is -0.678. The number of ether oxygens (including phenoxy) is 1. The normalized spacial score (nSPS) is 15.6. The predicted octanol–water partition coefficient (Wildman–Crippen LogP) is 1.91. The standard InChI is InChI=1S/C17H15N5O3S2/c1-25-14(23)7-13-16(24)20-17(26)22(13)19-9-11-8-18-21-15(11)10-3-5-12(27-2)6-4-10/h3-9H,1-2H3,(H,18,21)(H,20,24,26)/b13-7-,19-9+.